The minimum absolute atomic E-state index is 0.0788. The molecule has 1 aromatic heterocycles. The van der Waals surface area contributed by atoms with E-state index in [0.717, 1.165) is 38.6 Å². The molecule has 29 heavy (non-hydrogen) atoms. The Morgan fingerprint density at radius 2 is 1.83 bits per heavy atom. The summed E-state index contributed by atoms with van der Waals surface area (Å²) in [6.07, 6.45) is 4.76. The van der Waals surface area contributed by atoms with Gasteiger partial charge in [0, 0.05) is 44.2 Å². The molecule has 2 saturated heterocycles. The first-order valence-electron chi connectivity index (χ1n) is 10.3. The molecule has 7 heteroatoms. The number of carbonyl (C=O) groups excluding carboxylic acids is 2. The van der Waals surface area contributed by atoms with E-state index in [4.69, 9.17) is 4.52 Å². The summed E-state index contributed by atoms with van der Waals surface area (Å²) < 4.78 is 18.3. The Morgan fingerprint density at radius 3 is 2.55 bits per heavy atom. The molecule has 2 aliphatic heterocycles. The summed E-state index contributed by atoms with van der Waals surface area (Å²) in [6.45, 7) is 2.07. The van der Waals surface area contributed by atoms with Crippen LogP contribution < -0.4 is 0 Å². The number of hydrogen-bond acceptors (Lipinski definition) is 4. The first kappa shape index (κ1) is 19.6. The van der Waals surface area contributed by atoms with Gasteiger partial charge in [-0.15, -0.1) is 0 Å². The monoisotopic (exact) mass is 399 g/mol. The Labute approximate surface area is 169 Å². The molecule has 0 saturated carbocycles. The summed E-state index contributed by atoms with van der Waals surface area (Å²) in [5, 5.41) is 3.95. The largest absolute Gasteiger partial charge is 0.350 e. The number of likely N-dealkylation sites (tertiary alicyclic amines) is 2. The first-order valence-corrected chi connectivity index (χ1v) is 10.3. The van der Waals surface area contributed by atoms with Gasteiger partial charge in [-0.2, -0.15) is 0 Å². The average molecular weight is 399 g/mol. The number of rotatable bonds is 3. The van der Waals surface area contributed by atoms with Crippen molar-refractivity contribution < 1.29 is 18.5 Å². The van der Waals surface area contributed by atoms with Gasteiger partial charge in [-0.25, -0.2) is 4.39 Å². The third-order valence-corrected chi connectivity index (χ3v) is 6.21. The molecule has 6 nitrogen and oxygen atoms in total. The molecule has 2 aliphatic rings. The van der Waals surface area contributed by atoms with Crippen LogP contribution in [0.2, 0.25) is 0 Å². The number of halogens is 1. The van der Waals surface area contributed by atoms with Crippen LogP contribution in [-0.4, -0.2) is 53.5 Å². The summed E-state index contributed by atoms with van der Waals surface area (Å²) in [5.74, 6) is 0.342. The van der Waals surface area contributed by atoms with Crippen LogP contribution in [0.1, 0.15) is 42.7 Å². The lowest BCUT2D eigenvalue weighted by atomic mass is 9.81. The second kappa shape index (κ2) is 8.35. The molecule has 0 bridgehead atoms. The van der Waals surface area contributed by atoms with Crippen molar-refractivity contribution in [2.45, 2.75) is 32.1 Å². The molecular weight excluding hydrogens is 373 g/mol. The summed E-state index contributed by atoms with van der Waals surface area (Å²) in [5.41, 5.74) is 1.21. The Morgan fingerprint density at radius 1 is 1.10 bits per heavy atom. The molecule has 2 amide bonds. The predicted octanol–water partition coefficient (Wildman–Crippen LogP) is 3.59. The summed E-state index contributed by atoms with van der Waals surface area (Å²) in [7, 11) is 1.89. The minimum atomic E-state index is -0.324. The van der Waals surface area contributed by atoms with Crippen LogP contribution in [0.5, 0.6) is 0 Å². The van der Waals surface area contributed by atoms with Gasteiger partial charge in [-0.3, -0.25) is 9.59 Å². The van der Waals surface area contributed by atoms with Gasteiger partial charge < -0.3 is 14.3 Å². The van der Waals surface area contributed by atoms with Crippen LogP contribution >= 0.6 is 0 Å². The van der Waals surface area contributed by atoms with Crippen LogP contribution in [0.4, 0.5) is 4.39 Å². The van der Waals surface area contributed by atoms with Crippen LogP contribution in [-0.2, 0) is 4.79 Å². The molecule has 4 rings (SSSR count). The van der Waals surface area contributed by atoms with Gasteiger partial charge in [0.2, 0.25) is 11.7 Å². The van der Waals surface area contributed by atoms with E-state index in [1.54, 1.807) is 23.1 Å². The maximum absolute atomic E-state index is 13.1. The van der Waals surface area contributed by atoms with Gasteiger partial charge in [-0.1, -0.05) is 11.6 Å². The lowest BCUT2D eigenvalue weighted by Gasteiger charge is -2.35. The summed E-state index contributed by atoms with van der Waals surface area (Å²) in [6, 6.07) is 7.51. The highest BCUT2D eigenvalue weighted by Crippen LogP contribution is 2.32. The highest BCUT2D eigenvalue weighted by Gasteiger charge is 2.35. The van der Waals surface area contributed by atoms with Crippen LogP contribution in [0.3, 0.4) is 0 Å². The maximum atomic E-state index is 13.1. The van der Waals surface area contributed by atoms with E-state index in [-0.39, 0.29) is 29.3 Å². The number of hydrogen-bond donors (Lipinski definition) is 0. The molecule has 2 aromatic rings. The molecule has 0 spiro atoms. The van der Waals surface area contributed by atoms with Gasteiger partial charge >= 0.3 is 0 Å². The Balaban J connectivity index is 1.38. The number of nitrogens with zero attached hydrogens (tertiary/aromatic N) is 3. The van der Waals surface area contributed by atoms with Crippen molar-refractivity contribution in [2.75, 3.05) is 26.7 Å². The van der Waals surface area contributed by atoms with Crippen LogP contribution in [0.15, 0.2) is 34.9 Å². The van der Waals surface area contributed by atoms with Gasteiger partial charge in [0.1, 0.15) is 11.5 Å². The number of aromatic nitrogens is 1. The van der Waals surface area contributed by atoms with Crippen LogP contribution in [0, 0.1) is 17.7 Å². The summed E-state index contributed by atoms with van der Waals surface area (Å²) >= 11 is 0. The van der Waals surface area contributed by atoms with Crippen LogP contribution in [0.25, 0.3) is 11.3 Å². The normalized spacial score (nSPS) is 21.3. The second-order valence-corrected chi connectivity index (χ2v) is 8.07. The van der Waals surface area contributed by atoms with Crippen molar-refractivity contribution in [1.82, 2.24) is 15.0 Å². The van der Waals surface area contributed by atoms with Gasteiger partial charge in [0.05, 0.1) is 0 Å². The number of amides is 2. The zero-order valence-electron chi connectivity index (χ0n) is 16.6. The third kappa shape index (κ3) is 4.18. The van der Waals surface area contributed by atoms with E-state index in [1.807, 2.05) is 11.9 Å². The fraction of sp³-hybridized carbons (Fsp3) is 0.500. The molecule has 0 N–H and O–H groups in total. The molecule has 3 heterocycles. The predicted molar refractivity (Wildman–Crippen MR) is 106 cm³/mol. The quantitative estimate of drug-likeness (QED) is 0.791. The molecule has 2 fully saturated rings. The minimum Gasteiger partial charge on any atom is -0.350 e. The average Bonchev–Trinajstić information content (AvgIpc) is 3.17. The fourth-order valence-electron chi connectivity index (χ4n) is 4.46. The fourth-order valence-corrected chi connectivity index (χ4v) is 4.46. The second-order valence-electron chi connectivity index (χ2n) is 8.07. The lowest BCUT2D eigenvalue weighted by molar-refractivity contribution is -0.135. The first-order chi connectivity index (χ1) is 14.0. The zero-order valence-corrected chi connectivity index (χ0v) is 16.6. The van der Waals surface area contributed by atoms with E-state index in [2.05, 4.69) is 5.16 Å². The molecule has 0 aliphatic carbocycles. The molecule has 0 radical (unpaired) electrons. The van der Waals surface area contributed by atoms with E-state index in [0.29, 0.717) is 30.3 Å². The highest BCUT2D eigenvalue weighted by atomic mass is 19.1. The third-order valence-electron chi connectivity index (χ3n) is 6.21. The molecule has 0 unspecified atom stereocenters. The molecule has 1 aromatic carbocycles. The Kier molecular flexibility index (Phi) is 5.65. The van der Waals surface area contributed by atoms with Crippen molar-refractivity contribution in [2.24, 2.45) is 11.8 Å². The van der Waals surface area contributed by atoms with Crippen molar-refractivity contribution in [3.8, 4) is 11.3 Å². The Bertz CT molecular complexity index is 872. The van der Waals surface area contributed by atoms with E-state index < -0.39 is 0 Å². The van der Waals surface area contributed by atoms with Crippen molar-refractivity contribution in [3.63, 3.8) is 0 Å². The zero-order chi connectivity index (χ0) is 20.4. The SMILES string of the molecule is CN1CCCC[C@@H](C2CCN(C(=O)c3cc(-c4ccc(F)cc4)no3)CC2)C1=O. The highest BCUT2D eigenvalue weighted by molar-refractivity contribution is 5.92. The van der Waals surface area contributed by atoms with E-state index in [1.165, 1.54) is 12.1 Å². The van der Waals surface area contributed by atoms with Crippen molar-refractivity contribution in [1.29, 1.82) is 0 Å². The van der Waals surface area contributed by atoms with Gasteiger partial charge in [-0.05, 0) is 55.9 Å². The molecule has 1 atom stereocenters. The van der Waals surface area contributed by atoms with Crippen molar-refractivity contribution in [3.05, 3.63) is 41.9 Å². The lowest BCUT2D eigenvalue weighted by Crippen LogP contribution is -2.43. The topological polar surface area (TPSA) is 66.7 Å². The maximum Gasteiger partial charge on any atom is 0.292 e. The van der Waals surface area contributed by atoms with E-state index in [9.17, 15) is 14.0 Å². The standard InChI is InChI=1S/C22H26FN3O3/c1-25-11-3-2-4-18(21(25)27)15-9-12-26(13-10-15)22(28)20-14-19(24-29-20)16-5-7-17(23)8-6-16/h5-8,14-15,18H,2-4,9-13H2,1H3/t18-/m0/s1. The molecular formula is C22H26FN3O3. The van der Waals surface area contributed by atoms with Gasteiger partial charge in [0.15, 0.2) is 0 Å². The van der Waals surface area contributed by atoms with Crippen molar-refractivity contribution >= 4 is 11.8 Å². The van der Waals surface area contributed by atoms with E-state index >= 15 is 0 Å². The Hall–Kier alpha value is -2.70. The number of benzene rings is 1. The summed E-state index contributed by atoms with van der Waals surface area (Å²) in [4.78, 5) is 29.1. The number of carbonyl (C=O) groups is 2. The molecule has 154 valence electrons. The number of piperidine rings is 1. The van der Waals surface area contributed by atoms with Gasteiger partial charge in [0.25, 0.3) is 5.91 Å². The smallest absolute Gasteiger partial charge is 0.292 e.